The molecule has 0 bridgehead atoms. The summed E-state index contributed by atoms with van der Waals surface area (Å²) < 4.78 is 38.5. The zero-order valence-electron chi connectivity index (χ0n) is 19.9. The fourth-order valence-corrected chi connectivity index (χ4v) is 6.96. The van der Waals surface area contributed by atoms with Gasteiger partial charge in [0.2, 0.25) is 11.6 Å². The van der Waals surface area contributed by atoms with Crippen LogP contribution in [0.5, 0.6) is 11.5 Å². The zero-order chi connectivity index (χ0) is 23.4. The first-order valence-electron chi connectivity index (χ1n) is 12.9. The van der Waals surface area contributed by atoms with E-state index >= 15 is 0 Å². The van der Waals surface area contributed by atoms with Crippen molar-refractivity contribution in [3.05, 3.63) is 36.4 Å². The molecular weight excluding hydrogens is 422 g/mol. The second-order valence-corrected chi connectivity index (χ2v) is 10.5. The molecule has 3 nitrogen and oxygen atoms in total. The van der Waals surface area contributed by atoms with Gasteiger partial charge in [0.05, 0.1) is 13.0 Å². The topological polar surface area (TPSA) is 35.5 Å². The smallest absolute Gasteiger partial charge is 0.314 e. The summed E-state index contributed by atoms with van der Waals surface area (Å²) in [4.78, 5) is 13.0. The Morgan fingerprint density at radius 1 is 0.970 bits per heavy atom. The molecule has 0 radical (unpaired) electrons. The van der Waals surface area contributed by atoms with Crippen LogP contribution >= 0.6 is 0 Å². The lowest BCUT2D eigenvalue weighted by Gasteiger charge is -2.46. The molecule has 3 aliphatic rings. The molecule has 0 aromatic heterocycles. The Hall–Kier alpha value is -1.91. The number of carbonyl (C=O) groups is 1. The monoisotopic (exact) mass is 460 g/mol. The third kappa shape index (κ3) is 5.44. The van der Waals surface area contributed by atoms with Crippen LogP contribution in [0.25, 0.3) is 0 Å². The number of ether oxygens (including phenoxy) is 2. The van der Waals surface area contributed by atoms with Crippen LogP contribution in [0.15, 0.2) is 24.8 Å². The van der Waals surface area contributed by atoms with Crippen LogP contribution in [0.2, 0.25) is 0 Å². The summed E-state index contributed by atoms with van der Waals surface area (Å²) in [5, 5.41) is 0. The molecule has 4 unspecified atom stereocenters. The second-order valence-electron chi connectivity index (χ2n) is 10.5. The van der Waals surface area contributed by atoms with Gasteiger partial charge in [0.1, 0.15) is 0 Å². The summed E-state index contributed by atoms with van der Waals surface area (Å²) in [6.45, 7) is 3.86. The average molecular weight is 461 g/mol. The normalized spacial score (nSPS) is 32.0. The van der Waals surface area contributed by atoms with Crippen molar-refractivity contribution in [2.45, 2.75) is 77.0 Å². The molecule has 0 saturated heterocycles. The Morgan fingerprint density at radius 2 is 1.67 bits per heavy atom. The van der Waals surface area contributed by atoms with Gasteiger partial charge in [-0.2, -0.15) is 8.78 Å². The van der Waals surface area contributed by atoms with E-state index < -0.39 is 17.6 Å². The summed E-state index contributed by atoms with van der Waals surface area (Å²) >= 11 is 0. The first-order valence-corrected chi connectivity index (χ1v) is 12.9. The van der Waals surface area contributed by atoms with Crippen LogP contribution in [0.3, 0.4) is 0 Å². The summed E-state index contributed by atoms with van der Waals surface area (Å²) in [6, 6.07) is 2.57. The van der Waals surface area contributed by atoms with E-state index in [1.54, 1.807) is 0 Å². The lowest BCUT2D eigenvalue weighted by Crippen LogP contribution is -2.40. The number of halogens is 2. The lowest BCUT2D eigenvalue weighted by molar-refractivity contribution is -0.144. The van der Waals surface area contributed by atoms with Crippen LogP contribution in [0.4, 0.5) is 8.78 Å². The largest absolute Gasteiger partial charge is 0.494 e. The van der Waals surface area contributed by atoms with Crippen molar-refractivity contribution in [2.75, 3.05) is 7.11 Å². The van der Waals surface area contributed by atoms with Gasteiger partial charge in [0.15, 0.2) is 11.5 Å². The maximum atomic E-state index is 14.3. The van der Waals surface area contributed by atoms with Gasteiger partial charge < -0.3 is 9.47 Å². The van der Waals surface area contributed by atoms with E-state index in [1.165, 1.54) is 70.6 Å². The first kappa shape index (κ1) is 24.2. The Labute approximate surface area is 196 Å². The minimum Gasteiger partial charge on any atom is -0.494 e. The third-order valence-electron chi connectivity index (χ3n) is 8.77. The van der Waals surface area contributed by atoms with Gasteiger partial charge in [-0.05, 0) is 93.1 Å². The molecular formula is C28H38F2O3. The van der Waals surface area contributed by atoms with Crippen LogP contribution in [0, 0.1) is 47.1 Å². The van der Waals surface area contributed by atoms with E-state index in [2.05, 4.69) is 6.58 Å². The maximum absolute atomic E-state index is 14.3. The zero-order valence-corrected chi connectivity index (χ0v) is 19.9. The molecule has 3 aliphatic carbocycles. The minimum atomic E-state index is -1.16. The van der Waals surface area contributed by atoms with E-state index in [0.29, 0.717) is 11.8 Å². The number of fused-ring (bicyclic) bond motifs is 1. The summed E-state index contributed by atoms with van der Waals surface area (Å²) in [6.07, 6.45) is 16.2. The molecule has 3 fully saturated rings. The Kier molecular flexibility index (Phi) is 8.08. The van der Waals surface area contributed by atoms with Gasteiger partial charge in [-0.3, -0.25) is 4.79 Å². The highest BCUT2D eigenvalue weighted by Crippen LogP contribution is 2.50. The lowest BCUT2D eigenvalue weighted by atomic mass is 9.59. The SMILES string of the molecule is C=CCCC1CCC(C2CCC3C(CCCC3C(=O)Oc3ccc(OC)c(F)c3F)C2)CC1. The number of methoxy groups -OCH3 is 1. The molecule has 33 heavy (non-hydrogen) atoms. The van der Waals surface area contributed by atoms with Gasteiger partial charge in [0.25, 0.3) is 0 Å². The average Bonchev–Trinajstić information content (AvgIpc) is 2.85. The summed E-state index contributed by atoms with van der Waals surface area (Å²) in [5.41, 5.74) is 0. The first-order chi connectivity index (χ1) is 16.0. The van der Waals surface area contributed by atoms with Crippen LogP contribution < -0.4 is 9.47 Å². The number of esters is 1. The van der Waals surface area contributed by atoms with E-state index in [1.807, 2.05) is 6.08 Å². The van der Waals surface area contributed by atoms with Gasteiger partial charge in [-0.1, -0.05) is 31.8 Å². The van der Waals surface area contributed by atoms with Crippen molar-refractivity contribution in [1.29, 1.82) is 0 Å². The van der Waals surface area contributed by atoms with Crippen molar-refractivity contribution < 1.29 is 23.0 Å². The summed E-state index contributed by atoms with van der Waals surface area (Å²) in [7, 11) is 1.27. The van der Waals surface area contributed by atoms with Crippen molar-refractivity contribution in [2.24, 2.45) is 35.5 Å². The Balaban J connectivity index is 1.34. The number of hydrogen-bond donors (Lipinski definition) is 0. The van der Waals surface area contributed by atoms with E-state index in [-0.39, 0.29) is 17.4 Å². The predicted octanol–water partition coefficient (Wildman–Crippen LogP) is 7.48. The van der Waals surface area contributed by atoms with Gasteiger partial charge in [0, 0.05) is 0 Å². The molecule has 0 spiro atoms. The van der Waals surface area contributed by atoms with Crippen LogP contribution in [-0.2, 0) is 4.79 Å². The fourth-order valence-electron chi connectivity index (χ4n) is 6.96. The number of allylic oxidation sites excluding steroid dienone is 1. The van der Waals surface area contributed by atoms with Crippen molar-refractivity contribution >= 4 is 5.97 Å². The van der Waals surface area contributed by atoms with Crippen molar-refractivity contribution in [3.63, 3.8) is 0 Å². The van der Waals surface area contributed by atoms with Crippen molar-refractivity contribution in [3.8, 4) is 11.5 Å². The van der Waals surface area contributed by atoms with E-state index in [9.17, 15) is 13.6 Å². The maximum Gasteiger partial charge on any atom is 0.314 e. The summed E-state index contributed by atoms with van der Waals surface area (Å²) in [5.74, 6) is -0.134. The number of benzene rings is 1. The Bertz CT molecular complexity index is 831. The van der Waals surface area contributed by atoms with Crippen LogP contribution in [-0.4, -0.2) is 13.1 Å². The van der Waals surface area contributed by atoms with E-state index in [4.69, 9.17) is 9.47 Å². The minimum absolute atomic E-state index is 0.196. The molecule has 1 aromatic rings. The molecule has 0 aliphatic heterocycles. The van der Waals surface area contributed by atoms with Crippen molar-refractivity contribution in [1.82, 2.24) is 0 Å². The second kappa shape index (κ2) is 11.0. The molecule has 1 aromatic carbocycles. The molecule has 4 atom stereocenters. The van der Waals surface area contributed by atoms with Gasteiger partial charge >= 0.3 is 5.97 Å². The quantitative estimate of drug-likeness (QED) is 0.240. The van der Waals surface area contributed by atoms with Crippen LogP contribution in [0.1, 0.15) is 77.0 Å². The number of carbonyl (C=O) groups excluding carboxylic acids is 1. The Morgan fingerprint density at radius 3 is 2.39 bits per heavy atom. The predicted molar refractivity (Wildman–Crippen MR) is 125 cm³/mol. The molecule has 182 valence electrons. The molecule has 4 rings (SSSR count). The van der Waals surface area contributed by atoms with Gasteiger partial charge in [-0.15, -0.1) is 6.58 Å². The molecule has 3 saturated carbocycles. The highest BCUT2D eigenvalue weighted by molar-refractivity contribution is 5.75. The number of hydrogen-bond acceptors (Lipinski definition) is 3. The number of rotatable bonds is 7. The molecule has 0 amide bonds. The fraction of sp³-hybridized carbons (Fsp3) is 0.679. The van der Waals surface area contributed by atoms with Gasteiger partial charge in [-0.25, -0.2) is 0 Å². The molecule has 0 N–H and O–H groups in total. The highest BCUT2D eigenvalue weighted by atomic mass is 19.2. The third-order valence-corrected chi connectivity index (χ3v) is 8.77. The highest BCUT2D eigenvalue weighted by Gasteiger charge is 2.43. The standard InChI is InChI=1S/C28H38F2O3/c1-3-4-6-18-9-11-19(12-10-18)20-13-14-22-21(17-20)7-5-8-23(22)28(31)33-25-16-15-24(32-2)26(29)27(25)30/h3,15-16,18-23H,1,4-14,17H2,2H3. The van der Waals surface area contributed by atoms with E-state index in [0.717, 1.165) is 43.4 Å². The molecule has 0 heterocycles. The molecule has 5 heteroatoms.